The molecule has 2 rings (SSSR count). The van der Waals surface area contributed by atoms with Crippen molar-refractivity contribution in [1.82, 2.24) is 8.75 Å². The Labute approximate surface area is 81.8 Å². The highest BCUT2D eigenvalue weighted by Crippen LogP contribution is 2.27. The number of hydrogen-bond acceptors (Lipinski definition) is 4. The first kappa shape index (κ1) is 7.94. The summed E-state index contributed by atoms with van der Waals surface area (Å²) in [4.78, 5) is 0. The SMILES string of the molecule is COc1cc(Br)c2nsnc2c1. The zero-order valence-corrected chi connectivity index (χ0v) is 8.65. The maximum absolute atomic E-state index is 5.08. The molecular weight excluding hydrogens is 240 g/mol. The molecule has 0 saturated carbocycles. The molecule has 0 atom stereocenters. The molecule has 0 N–H and O–H groups in total. The molecule has 0 unspecified atom stereocenters. The molecule has 0 saturated heterocycles. The van der Waals surface area contributed by atoms with Gasteiger partial charge in [0, 0.05) is 6.07 Å². The smallest absolute Gasteiger partial charge is 0.122 e. The molecule has 2 aromatic rings. The lowest BCUT2D eigenvalue weighted by Crippen LogP contribution is -1.82. The molecule has 12 heavy (non-hydrogen) atoms. The Morgan fingerprint density at radius 2 is 2.25 bits per heavy atom. The van der Waals surface area contributed by atoms with Crippen molar-refractivity contribution in [2.75, 3.05) is 7.11 Å². The number of nitrogens with zero attached hydrogens (tertiary/aromatic N) is 2. The van der Waals surface area contributed by atoms with Crippen molar-refractivity contribution >= 4 is 38.7 Å². The summed E-state index contributed by atoms with van der Waals surface area (Å²) in [5, 5.41) is 0. The van der Waals surface area contributed by atoms with Crippen molar-refractivity contribution in [3.8, 4) is 5.75 Å². The fraction of sp³-hybridized carbons (Fsp3) is 0.143. The van der Waals surface area contributed by atoms with Crippen molar-refractivity contribution in [2.45, 2.75) is 0 Å². The number of ether oxygens (including phenoxy) is 1. The van der Waals surface area contributed by atoms with Gasteiger partial charge in [-0.1, -0.05) is 0 Å². The van der Waals surface area contributed by atoms with Crippen LogP contribution >= 0.6 is 27.7 Å². The van der Waals surface area contributed by atoms with Crippen LogP contribution in [0.1, 0.15) is 0 Å². The minimum atomic E-state index is 0.794. The molecule has 1 aromatic heterocycles. The molecule has 1 aromatic carbocycles. The fourth-order valence-electron chi connectivity index (χ4n) is 0.943. The van der Waals surface area contributed by atoms with E-state index in [4.69, 9.17) is 4.74 Å². The minimum absolute atomic E-state index is 0.794. The molecule has 0 radical (unpaired) electrons. The summed E-state index contributed by atoms with van der Waals surface area (Å²) < 4.78 is 14.2. The fourth-order valence-corrected chi connectivity index (χ4v) is 2.12. The van der Waals surface area contributed by atoms with Gasteiger partial charge in [-0.3, -0.25) is 0 Å². The van der Waals surface area contributed by atoms with Crippen LogP contribution in [0, 0.1) is 0 Å². The van der Waals surface area contributed by atoms with Gasteiger partial charge in [-0.05, 0) is 22.0 Å². The summed E-state index contributed by atoms with van der Waals surface area (Å²) in [6, 6.07) is 3.74. The van der Waals surface area contributed by atoms with Crippen LogP contribution < -0.4 is 4.74 Å². The molecule has 0 aliphatic heterocycles. The topological polar surface area (TPSA) is 35.0 Å². The Balaban J connectivity index is 2.75. The van der Waals surface area contributed by atoms with Gasteiger partial charge >= 0.3 is 0 Å². The predicted molar refractivity (Wildman–Crippen MR) is 51.7 cm³/mol. The Hall–Kier alpha value is -0.680. The zero-order valence-electron chi connectivity index (χ0n) is 6.24. The number of halogens is 1. The molecule has 0 spiro atoms. The van der Waals surface area contributed by atoms with Gasteiger partial charge in [0.1, 0.15) is 16.8 Å². The molecule has 0 bridgehead atoms. The molecule has 1 heterocycles. The third-order valence-electron chi connectivity index (χ3n) is 1.52. The second kappa shape index (κ2) is 2.99. The lowest BCUT2D eigenvalue weighted by Gasteiger charge is -1.98. The van der Waals surface area contributed by atoms with Gasteiger partial charge in [0.2, 0.25) is 0 Å². The molecule has 3 nitrogen and oxygen atoms in total. The number of hydrogen-bond donors (Lipinski definition) is 0. The van der Waals surface area contributed by atoms with Gasteiger partial charge in [-0.15, -0.1) is 0 Å². The van der Waals surface area contributed by atoms with E-state index in [9.17, 15) is 0 Å². The second-order valence-electron chi connectivity index (χ2n) is 2.24. The molecule has 0 amide bonds. The van der Waals surface area contributed by atoms with Crippen LogP contribution in [0.3, 0.4) is 0 Å². The van der Waals surface area contributed by atoms with E-state index in [1.165, 1.54) is 11.7 Å². The second-order valence-corrected chi connectivity index (χ2v) is 3.62. The average molecular weight is 245 g/mol. The van der Waals surface area contributed by atoms with E-state index in [0.29, 0.717) is 0 Å². The zero-order chi connectivity index (χ0) is 8.55. The normalized spacial score (nSPS) is 10.5. The monoisotopic (exact) mass is 244 g/mol. The lowest BCUT2D eigenvalue weighted by atomic mass is 10.3. The Morgan fingerprint density at radius 1 is 1.42 bits per heavy atom. The molecule has 0 aliphatic carbocycles. The van der Waals surface area contributed by atoms with Gasteiger partial charge in [-0.25, -0.2) is 0 Å². The van der Waals surface area contributed by atoms with Gasteiger partial charge < -0.3 is 4.74 Å². The van der Waals surface area contributed by atoms with E-state index in [-0.39, 0.29) is 0 Å². The third kappa shape index (κ3) is 1.19. The van der Waals surface area contributed by atoms with Crippen LogP contribution in [0.15, 0.2) is 16.6 Å². The van der Waals surface area contributed by atoms with Crippen molar-refractivity contribution < 1.29 is 4.74 Å². The van der Waals surface area contributed by atoms with Crippen molar-refractivity contribution in [2.24, 2.45) is 0 Å². The quantitative estimate of drug-likeness (QED) is 0.774. The van der Waals surface area contributed by atoms with Crippen LogP contribution in [0.25, 0.3) is 11.0 Å². The van der Waals surface area contributed by atoms with Crippen molar-refractivity contribution in [1.29, 1.82) is 0 Å². The number of rotatable bonds is 1. The Morgan fingerprint density at radius 3 is 3.00 bits per heavy atom. The van der Waals surface area contributed by atoms with Gasteiger partial charge in [0.15, 0.2) is 0 Å². The van der Waals surface area contributed by atoms with E-state index in [2.05, 4.69) is 24.7 Å². The summed E-state index contributed by atoms with van der Waals surface area (Å²) in [6.07, 6.45) is 0. The molecule has 0 fully saturated rings. The van der Waals surface area contributed by atoms with E-state index < -0.39 is 0 Å². The highest BCUT2D eigenvalue weighted by molar-refractivity contribution is 9.10. The lowest BCUT2D eigenvalue weighted by molar-refractivity contribution is 0.415. The first-order valence-electron chi connectivity index (χ1n) is 3.27. The van der Waals surface area contributed by atoms with Crippen LogP contribution in [0.4, 0.5) is 0 Å². The predicted octanol–water partition coefficient (Wildman–Crippen LogP) is 2.46. The first-order valence-corrected chi connectivity index (χ1v) is 4.79. The number of aromatic nitrogens is 2. The van der Waals surface area contributed by atoms with Crippen LogP contribution in [0.5, 0.6) is 5.75 Å². The Kier molecular flexibility index (Phi) is 1.98. The molecule has 5 heteroatoms. The minimum Gasteiger partial charge on any atom is -0.497 e. The summed E-state index contributed by atoms with van der Waals surface area (Å²) in [5.74, 6) is 0.794. The maximum atomic E-state index is 5.08. The summed E-state index contributed by atoms with van der Waals surface area (Å²) in [5.41, 5.74) is 1.76. The van der Waals surface area contributed by atoms with Crippen LogP contribution in [-0.4, -0.2) is 15.9 Å². The molecule has 62 valence electrons. The largest absolute Gasteiger partial charge is 0.497 e. The van der Waals surface area contributed by atoms with Crippen LogP contribution in [-0.2, 0) is 0 Å². The standard InChI is InChI=1S/C7H5BrN2OS/c1-11-4-2-5(8)7-6(3-4)9-12-10-7/h2-3H,1H3. The van der Waals surface area contributed by atoms with Gasteiger partial charge in [0.05, 0.1) is 23.3 Å². The highest BCUT2D eigenvalue weighted by atomic mass is 79.9. The maximum Gasteiger partial charge on any atom is 0.122 e. The van der Waals surface area contributed by atoms with Gasteiger partial charge in [-0.2, -0.15) is 8.75 Å². The highest BCUT2D eigenvalue weighted by Gasteiger charge is 2.05. The number of fused-ring (bicyclic) bond motifs is 1. The van der Waals surface area contributed by atoms with Crippen LogP contribution in [0.2, 0.25) is 0 Å². The average Bonchev–Trinajstić information content (AvgIpc) is 2.52. The summed E-state index contributed by atoms with van der Waals surface area (Å²) in [6.45, 7) is 0. The summed E-state index contributed by atoms with van der Waals surface area (Å²) in [7, 11) is 1.63. The third-order valence-corrected chi connectivity index (χ3v) is 2.67. The molecular formula is C7H5BrN2OS. The van der Waals surface area contributed by atoms with Gasteiger partial charge in [0.25, 0.3) is 0 Å². The van der Waals surface area contributed by atoms with E-state index in [1.807, 2.05) is 12.1 Å². The van der Waals surface area contributed by atoms with E-state index in [1.54, 1.807) is 7.11 Å². The van der Waals surface area contributed by atoms with Crippen molar-refractivity contribution in [3.05, 3.63) is 16.6 Å². The number of methoxy groups -OCH3 is 1. The number of benzene rings is 1. The first-order chi connectivity index (χ1) is 5.81. The summed E-state index contributed by atoms with van der Waals surface area (Å²) >= 11 is 4.59. The molecule has 0 aliphatic rings. The van der Waals surface area contributed by atoms with E-state index >= 15 is 0 Å². The van der Waals surface area contributed by atoms with E-state index in [0.717, 1.165) is 21.3 Å². The Bertz CT molecular complexity index is 415. The van der Waals surface area contributed by atoms with Crippen molar-refractivity contribution in [3.63, 3.8) is 0 Å².